The highest BCUT2D eigenvalue weighted by molar-refractivity contribution is 5.97. The Hall–Kier alpha value is -2.28. The fraction of sp³-hybridized carbons (Fsp3) is 0.556. The van der Waals surface area contributed by atoms with Gasteiger partial charge in [-0.15, -0.1) is 0 Å². The molecule has 1 spiro atoms. The summed E-state index contributed by atoms with van der Waals surface area (Å²) in [6.07, 6.45) is 0.582. The summed E-state index contributed by atoms with van der Waals surface area (Å²) < 4.78 is 11.6. The Morgan fingerprint density at radius 3 is 2.60 bits per heavy atom. The number of hydrogen-bond donors (Lipinski definition) is 2. The first-order valence-corrected chi connectivity index (χ1v) is 8.53. The molecule has 2 amide bonds. The van der Waals surface area contributed by atoms with E-state index in [4.69, 9.17) is 15.2 Å². The van der Waals surface area contributed by atoms with Crippen LogP contribution in [0, 0.1) is 0 Å². The number of carbonyl (C=O) groups is 2. The van der Waals surface area contributed by atoms with Gasteiger partial charge in [0.05, 0.1) is 5.69 Å². The fourth-order valence-electron chi connectivity index (χ4n) is 3.20. The molecule has 0 saturated carbocycles. The summed E-state index contributed by atoms with van der Waals surface area (Å²) in [5, 5.41) is 2.81. The number of carbonyl (C=O) groups excluding carboxylic acids is 2. The SMILES string of the molecule is CC(C)(C)OC(=O)N1CCC2(CC1)Oc1ccccc1NC(=O)C2N. The second kappa shape index (κ2) is 6.22. The van der Waals surface area contributed by atoms with Gasteiger partial charge < -0.3 is 25.4 Å². The molecule has 0 aromatic heterocycles. The summed E-state index contributed by atoms with van der Waals surface area (Å²) in [6.45, 7) is 6.36. The van der Waals surface area contributed by atoms with E-state index in [0.29, 0.717) is 37.4 Å². The number of rotatable bonds is 0. The Morgan fingerprint density at radius 2 is 1.96 bits per heavy atom. The lowest BCUT2D eigenvalue weighted by atomic mass is 9.84. The lowest BCUT2D eigenvalue weighted by molar-refractivity contribution is -0.123. The van der Waals surface area contributed by atoms with Crippen LogP contribution in [-0.2, 0) is 9.53 Å². The number of nitrogens with zero attached hydrogens (tertiary/aromatic N) is 1. The van der Waals surface area contributed by atoms with E-state index < -0.39 is 17.2 Å². The van der Waals surface area contributed by atoms with E-state index in [1.807, 2.05) is 39.0 Å². The van der Waals surface area contributed by atoms with Crippen molar-refractivity contribution in [3.05, 3.63) is 24.3 Å². The predicted octanol–water partition coefficient (Wildman–Crippen LogP) is 2.11. The number of amides is 2. The zero-order valence-corrected chi connectivity index (χ0v) is 14.9. The number of para-hydroxylation sites is 2. The minimum Gasteiger partial charge on any atom is -0.483 e. The molecule has 1 fully saturated rings. The van der Waals surface area contributed by atoms with E-state index in [0.717, 1.165) is 0 Å². The number of likely N-dealkylation sites (tertiary alicyclic amines) is 1. The van der Waals surface area contributed by atoms with Crippen molar-refractivity contribution in [2.45, 2.75) is 50.9 Å². The summed E-state index contributed by atoms with van der Waals surface area (Å²) in [5.74, 6) is 0.338. The summed E-state index contributed by atoms with van der Waals surface area (Å²) in [7, 11) is 0. The Balaban J connectivity index is 1.77. The molecule has 0 bridgehead atoms. The van der Waals surface area contributed by atoms with Crippen LogP contribution >= 0.6 is 0 Å². The van der Waals surface area contributed by atoms with Gasteiger partial charge >= 0.3 is 6.09 Å². The standard InChI is InChI=1S/C18H25N3O4/c1-17(2,3)25-16(23)21-10-8-18(9-11-21)14(19)15(22)20-12-6-4-5-7-13(12)24-18/h4-7,14H,8-11,19H2,1-3H3,(H,20,22). The maximum Gasteiger partial charge on any atom is 0.410 e. The van der Waals surface area contributed by atoms with Crippen LogP contribution in [-0.4, -0.2) is 47.2 Å². The van der Waals surface area contributed by atoms with Gasteiger partial charge in [0.25, 0.3) is 0 Å². The van der Waals surface area contributed by atoms with E-state index in [1.54, 1.807) is 11.0 Å². The average Bonchev–Trinajstić information content (AvgIpc) is 2.63. The van der Waals surface area contributed by atoms with Gasteiger partial charge in [-0.25, -0.2) is 4.79 Å². The number of nitrogens with two attached hydrogens (primary N) is 1. The quantitative estimate of drug-likeness (QED) is 0.750. The number of ether oxygens (including phenoxy) is 2. The molecule has 1 aromatic rings. The molecule has 25 heavy (non-hydrogen) atoms. The predicted molar refractivity (Wildman–Crippen MR) is 93.4 cm³/mol. The monoisotopic (exact) mass is 347 g/mol. The van der Waals surface area contributed by atoms with Crippen LogP contribution in [0.2, 0.25) is 0 Å². The van der Waals surface area contributed by atoms with Crippen molar-refractivity contribution in [1.29, 1.82) is 0 Å². The van der Waals surface area contributed by atoms with Crippen LogP contribution in [0.15, 0.2) is 24.3 Å². The van der Waals surface area contributed by atoms with Crippen LogP contribution in [0.5, 0.6) is 5.75 Å². The number of anilines is 1. The van der Waals surface area contributed by atoms with E-state index in [2.05, 4.69) is 5.32 Å². The number of piperidine rings is 1. The number of hydrogen-bond acceptors (Lipinski definition) is 5. The molecule has 136 valence electrons. The lowest BCUT2D eigenvalue weighted by Gasteiger charge is -2.43. The van der Waals surface area contributed by atoms with Crippen LogP contribution in [0.4, 0.5) is 10.5 Å². The second-order valence-corrected chi connectivity index (χ2v) is 7.60. The summed E-state index contributed by atoms with van der Waals surface area (Å²) >= 11 is 0. The third kappa shape index (κ3) is 3.56. The maximum atomic E-state index is 12.4. The second-order valence-electron chi connectivity index (χ2n) is 7.60. The molecule has 7 nitrogen and oxygen atoms in total. The molecule has 1 saturated heterocycles. The van der Waals surface area contributed by atoms with Crippen molar-refractivity contribution < 1.29 is 19.1 Å². The molecular weight excluding hydrogens is 322 g/mol. The molecule has 3 N–H and O–H groups in total. The Labute approximate surface area is 147 Å². The third-order valence-corrected chi connectivity index (χ3v) is 4.57. The van der Waals surface area contributed by atoms with Crippen LogP contribution in [0.1, 0.15) is 33.6 Å². The zero-order chi connectivity index (χ0) is 18.2. The van der Waals surface area contributed by atoms with Crippen molar-refractivity contribution in [1.82, 2.24) is 4.90 Å². The summed E-state index contributed by atoms with van der Waals surface area (Å²) in [6, 6.07) is 6.48. The van der Waals surface area contributed by atoms with Gasteiger partial charge in [0.15, 0.2) is 0 Å². The van der Waals surface area contributed by atoms with Gasteiger partial charge in [0.2, 0.25) is 5.91 Å². The third-order valence-electron chi connectivity index (χ3n) is 4.57. The lowest BCUT2D eigenvalue weighted by Crippen LogP contribution is -2.62. The van der Waals surface area contributed by atoms with Crippen molar-refractivity contribution in [2.24, 2.45) is 5.73 Å². The summed E-state index contributed by atoms with van der Waals surface area (Å²) in [4.78, 5) is 26.3. The number of fused-ring (bicyclic) bond motifs is 1. The molecule has 0 radical (unpaired) electrons. The van der Waals surface area contributed by atoms with E-state index in [9.17, 15) is 9.59 Å². The molecule has 7 heteroatoms. The van der Waals surface area contributed by atoms with Gasteiger partial charge in [-0.05, 0) is 32.9 Å². The highest BCUT2D eigenvalue weighted by atomic mass is 16.6. The molecule has 2 aliphatic rings. The van der Waals surface area contributed by atoms with Crippen molar-refractivity contribution in [3.8, 4) is 5.75 Å². The first-order chi connectivity index (χ1) is 11.7. The van der Waals surface area contributed by atoms with Gasteiger partial charge in [-0.3, -0.25) is 4.79 Å². The Bertz CT molecular complexity index is 675. The highest BCUT2D eigenvalue weighted by Crippen LogP contribution is 2.38. The first kappa shape index (κ1) is 17.5. The molecule has 1 unspecified atom stereocenters. The molecule has 2 aliphatic heterocycles. The highest BCUT2D eigenvalue weighted by Gasteiger charge is 2.48. The van der Waals surface area contributed by atoms with Gasteiger partial charge in [0.1, 0.15) is 23.0 Å². The van der Waals surface area contributed by atoms with Crippen molar-refractivity contribution in [2.75, 3.05) is 18.4 Å². The average molecular weight is 347 g/mol. The fourth-order valence-corrected chi connectivity index (χ4v) is 3.20. The maximum absolute atomic E-state index is 12.4. The number of benzene rings is 1. The van der Waals surface area contributed by atoms with Gasteiger partial charge in [0, 0.05) is 25.9 Å². The smallest absolute Gasteiger partial charge is 0.410 e. The molecular formula is C18H25N3O4. The molecule has 0 aliphatic carbocycles. The van der Waals surface area contributed by atoms with E-state index in [-0.39, 0.29) is 12.0 Å². The largest absolute Gasteiger partial charge is 0.483 e. The van der Waals surface area contributed by atoms with Gasteiger partial charge in [-0.2, -0.15) is 0 Å². The molecule has 2 heterocycles. The Morgan fingerprint density at radius 1 is 1.32 bits per heavy atom. The van der Waals surface area contributed by atoms with Gasteiger partial charge in [-0.1, -0.05) is 12.1 Å². The van der Waals surface area contributed by atoms with Crippen LogP contribution in [0.3, 0.4) is 0 Å². The zero-order valence-electron chi connectivity index (χ0n) is 14.9. The molecule has 3 rings (SSSR count). The first-order valence-electron chi connectivity index (χ1n) is 8.53. The van der Waals surface area contributed by atoms with Crippen LogP contribution < -0.4 is 15.8 Å². The topological polar surface area (TPSA) is 93.9 Å². The Kier molecular flexibility index (Phi) is 4.36. The molecule has 1 atom stereocenters. The minimum atomic E-state index is -0.824. The van der Waals surface area contributed by atoms with Crippen molar-refractivity contribution in [3.63, 3.8) is 0 Å². The minimum absolute atomic E-state index is 0.268. The van der Waals surface area contributed by atoms with Crippen LogP contribution in [0.25, 0.3) is 0 Å². The van der Waals surface area contributed by atoms with Crippen molar-refractivity contribution >= 4 is 17.7 Å². The van der Waals surface area contributed by atoms with E-state index >= 15 is 0 Å². The normalized spacial score (nSPS) is 22.5. The van der Waals surface area contributed by atoms with E-state index in [1.165, 1.54) is 0 Å². The number of nitrogens with one attached hydrogen (secondary N) is 1. The molecule has 1 aromatic carbocycles. The summed E-state index contributed by atoms with van der Waals surface area (Å²) in [5.41, 5.74) is 5.47.